The Bertz CT molecular complexity index is 5270. The predicted octanol–water partition coefficient (Wildman–Crippen LogP) is 27.2. The van der Waals surface area contributed by atoms with Crippen molar-refractivity contribution in [3.63, 3.8) is 0 Å². The zero-order valence-corrected chi connectivity index (χ0v) is 86.7. The van der Waals surface area contributed by atoms with Gasteiger partial charge >= 0.3 is 31.0 Å². The molecule has 0 bridgehead atoms. The first-order valence-electron chi connectivity index (χ1n) is 48.2. The molecule has 0 saturated carbocycles. The Morgan fingerprint density at radius 2 is 0.594 bits per heavy atom. The average molecular weight is 1900 g/mol. The third-order valence-electron chi connectivity index (χ3n) is 25.8. The van der Waals surface area contributed by atoms with E-state index in [2.05, 4.69) is 282 Å². The first-order chi connectivity index (χ1) is 62.5. The highest BCUT2D eigenvalue weighted by molar-refractivity contribution is 9.10. The zero-order chi connectivity index (χ0) is 97.5. The number of ether oxygens (including phenoxy) is 7. The van der Waals surface area contributed by atoms with Crippen LogP contribution in [0.4, 0.5) is 0 Å². The highest BCUT2D eigenvalue weighted by Crippen LogP contribution is 2.42. The minimum Gasteiger partial charge on any atom is -0.481 e. The quantitative estimate of drug-likeness (QED) is 0.0540. The van der Waals surface area contributed by atoms with Gasteiger partial charge in [0.1, 0.15) is 11.2 Å². The van der Waals surface area contributed by atoms with Crippen molar-refractivity contribution in [1.29, 1.82) is 0 Å². The second-order valence-electron chi connectivity index (χ2n) is 41.9. The van der Waals surface area contributed by atoms with E-state index in [4.69, 9.17) is 54.1 Å². The molecule has 9 aromatic carbocycles. The molecule has 0 aliphatic carbocycles. The lowest BCUT2D eigenvalue weighted by Gasteiger charge is -2.32. The number of carbonyl (C=O) groups excluding carboxylic acids is 2. The van der Waals surface area contributed by atoms with Gasteiger partial charge in [-0.05, 0) is 352 Å². The second kappa shape index (κ2) is 47.0. The van der Waals surface area contributed by atoms with Crippen LogP contribution in [0.5, 0.6) is 0 Å². The molecule has 15 rings (SSSR count). The number of hydrogen-bond acceptors (Lipinski definition) is 13. The first-order valence-corrected chi connectivity index (χ1v) is 49.4. The van der Waals surface area contributed by atoms with Crippen molar-refractivity contribution in [1.82, 2.24) is 0 Å². The summed E-state index contributed by atoms with van der Waals surface area (Å²) in [6.45, 7) is 61.7. The van der Waals surface area contributed by atoms with Gasteiger partial charge in [-0.25, -0.2) is 0 Å². The summed E-state index contributed by atoms with van der Waals surface area (Å²) in [4.78, 5) is 47.7. The number of esters is 2. The normalized spacial score (nSPS) is 15.4. The van der Waals surface area contributed by atoms with Crippen molar-refractivity contribution in [2.24, 2.45) is 0 Å². The van der Waals surface area contributed by atoms with E-state index in [1.165, 1.54) is 100 Å². The number of fused-ring (bicyclic) bond motifs is 5. The van der Waals surface area contributed by atoms with Crippen LogP contribution in [0.15, 0.2) is 144 Å². The number of halogens is 2. The SMILES string of the molecule is Brc1ccc2c(c1)COCC2.CC(C)c1cc(-c2ccc3c(c2)COCC3)cc(C(C)C)c1CC(=O)O.CC(C)c1cc(-c2ccc3c(c2)COCC3)cc(C(C)C)c1CC(=O)O.CC(C)c1cc(-c2ccc3c(c2)COCC3)cc(C(C)C)c1CC(=O)OC(C)(C)C.CC(C)c1cc(Cl)cc(C(C)C)c1CC(=O)OC(C)(C)C.CC1(C)OB(c2ccc3c(c2)CCOC3)OC1(C)C. The summed E-state index contributed by atoms with van der Waals surface area (Å²) in [5.41, 5.74) is 33.5. The number of carboxylic acids is 2. The molecule has 0 aromatic heterocycles. The average Bonchev–Trinajstić information content (AvgIpc) is 1.63. The fourth-order valence-corrected chi connectivity index (χ4v) is 18.8. The summed E-state index contributed by atoms with van der Waals surface area (Å²) in [7, 11) is -0.266. The molecule has 0 spiro atoms. The van der Waals surface area contributed by atoms with Gasteiger partial charge in [-0.3, -0.25) is 19.2 Å². The predicted molar refractivity (Wildman–Crippen MR) is 545 cm³/mol. The Morgan fingerprint density at radius 1 is 0.338 bits per heavy atom. The Labute approximate surface area is 808 Å². The van der Waals surface area contributed by atoms with Gasteiger partial charge in [0.2, 0.25) is 0 Å². The maximum Gasteiger partial charge on any atom is 0.494 e. The van der Waals surface area contributed by atoms with Crippen molar-refractivity contribution in [2.75, 3.05) is 33.0 Å². The molecule has 15 nitrogen and oxygen atoms in total. The molecule has 0 unspecified atom stereocenters. The Balaban J connectivity index is 0.000000168. The molecule has 6 aliphatic rings. The van der Waals surface area contributed by atoms with Crippen LogP contribution in [-0.2, 0) is 152 Å². The van der Waals surface area contributed by atoms with E-state index in [-0.39, 0.29) is 66.8 Å². The van der Waals surface area contributed by atoms with E-state index in [0.717, 1.165) is 149 Å². The Kier molecular flexibility index (Phi) is 37.6. The van der Waals surface area contributed by atoms with Crippen LogP contribution >= 0.6 is 27.5 Å². The monoisotopic (exact) mass is 1890 g/mol. The fourth-order valence-electron chi connectivity index (χ4n) is 18.1. The van der Waals surface area contributed by atoms with Crippen LogP contribution in [0.3, 0.4) is 0 Å². The molecule has 0 amide bonds. The van der Waals surface area contributed by atoms with E-state index in [1.54, 1.807) is 0 Å². The van der Waals surface area contributed by atoms with Gasteiger partial charge in [0.25, 0.3) is 0 Å². The largest absolute Gasteiger partial charge is 0.494 e. The topological polar surface area (TPSA) is 192 Å². The highest BCUT2D eigenvalue weighted by atomic mass is 79.9. The zero-order valence-electron chi connectivity index (χ0n) is 84.4. The van der Waals surface area contributed by atoms with Crippen molar-refractivity contribution in [3.8, 4) is 33.4 Å². The summed E-state index contributed by atoms with van der Waals surface area (Å²) < 4.78 is 52.1. The summed E-state index contributed by atoms with van der Waals surface area (Å²) in [6, 6.07) is 50.0. The molecule has 18 heteroatoms. The highest BCUT2D eigenvalue weighted by Gasteiger charge is 2.52. The molecular formula is C115H149BBrClO15. The van der Waals surface area contributed by atoms with Crippen LogP contribution in [0.25, 0.3) is 33.4 Å². The lowest BCUT2D eigenvalue weighted by molar-refractivity contribution is -0.155. The number of hydrogen-bond donors (Lipinski definition) is 2. The molecule has 6 aliphatic heterocycles. The van der Waals surface area contributed by atoms with Crippen LogP contribution in [0.2, 0.25) is 5.02 Å². The van der Waals surface area contributed by atoms with E-state index in [0.29, 0.717) is 56.3 Å². The van der Waals surface area contributed by atoms with Gasteiger partial charge in [0.05, 0.1) is 103 Å². The maximum absolute atomic E-state index is 12.7. The molecule has 0 atom stereocenters. The third-order valence-corrected chi connectivity index (χ3v) is 26.5. The molecular weight excluding hydrogens is 1750 g/mol. The van der Waals surface area contributed by atoms with Crippen LogP contribution in [-0.4, -0.2) is 96.6 Å². The number of carboxylic acid groups (broad SMARTS) is 2. The summed E-state index contributed by atoms with van der Waals surface area (Å²) in [5.74, 6) is 0.508. The molecule has 716 valence electrons. The number of rotatable bonds is 20. The van der Waals surface area contributed by atoms with E-state index in [1.807, 2.05) is 53.7 Å². The van der Waals surface area contributed by atoms with E-state index in [9.17, 15) is 29.4 Å². The molecule has 133 heavy (non-hydrogen) atoms. The fraction of sp³-hybridized carbons (Fsp3) is 0.496. The van der Waals surface area contributed by atoms with E-state index < -0.39 is 23.1 Å². The van der Waals surface area contributed by atoms with Crippen LogP contribution in [0.1, 0.15) is 350 Å². The smallest absolute Gasteiger partial charge is 0.481 e. The van der Waals surface area contributed by atoms with Crippen molar-refractivity contribution < 1.29 is 71.9 Å². The van der Waals surface area contributed by atoms with Gasteiger partial charge < -0.3 is 52.7 Å². The van der Waals surface area contributed by atoms with Crippen LogP contribution in [0, 0.1) is 0 Å². The summed E-state index contributed by atoms with van der Waals surface area (Å²) >= 11 is 9.67. The lowest BCUT2D eigenvalue weighted by Crippen LogP contribution is -2.41. The van der Waals surface area contributed by atoms with Crippen LogP contribution < -0.4 is 5.46 Å². The molecule has 1 saturated heterocycles. The van der Waals surface area contributed by atoms with Crippen molar-refractivity contribution >= 4 is 64.0 Å². The minimum atomic E-state index is -0.771. The molecule has 0 radical (unpaired) electrons. The molecule has 9 aromatic rings. The van der Waals surface area contributed by atoms with Gasteiger partial charge in [0.15, 0.2) is 0 Å². The Morgan fingerprint density at radius 3 is 0.880 bits per heavy atom. The lowest BCUT2D eigenvalue weighted by atomic mass is 9.77. The third kappa shape index (κ3) is 29.5. The maximum atomic E-state index is 12.7. The van der Waals surface area contributed by atoms with E-state index >= 15 is 0 Å². The Hall–Kier alpha value is -8.59. The minimum absolute atomic E-state index is 0.0827. The second-order valence-corrected chi connectivity index (χ2v) is 43.2. The molecule has 2 N–H and O–H groups in total. The number of carbonyl (C=O) groups is 4. The number of benzene rings is 9. The summed E-state index contributed by atoms with van der Waals surface area (Å²) in [6.07, 6.45) is 5.75. The van der Waals surface area contributed by atoms with Gasteiger partial charge in [-0.2, -0.15) is 0 Å². The molecule has 6 heterocycles. The number of aliphatic carboxylic acids is 2. The van der Waals surface area contributed by atoms with Gasteiger partial charge in [-0.1, -0.05) is 235 Å². The first kappa shape index (κ1) is 106. The van der Waals surface area contributed by atoms with Gasteiger partial charge in [-0.15, -0.1) is 0 Å². The molecule has 1 fully saturated rings. The van der Waals surface area contributed by atoms with Crippen molar-refractivity contribution in [2.45, 2.75) is 341 Å². The summed E-state index contributed by atoms with van der Waals surface area (Å²) in [5, 5.41) is 19.5. The van der Waals surface area contributed by atoms with Gasteiger partial charge in [0, 0.05) is 9.50 Å². The van der Waals surface area contributed by atoms with Crippen molar-refractivity contribution in [3.05, 3.63) is 271 Å². The standard InChI is InChI=1S/C27H36O3.2C23H28O3.C18H27ClO2.C15H21BO3.C9H9BrO/c1-17(2)23-13-21(20-9-8-19-10-11-29-16-22(19)12-20)14-24(18(3)4)25(23)15-26(28)30-27(5,6)7;2*1-14(2)20-10-18(11-21(15(3)4)22(20)12-23(24)25)17-6-5-16-7-8-26-13-19(16)9-17;1-11(2)14-8-13(19)9-15(12(3)4)16(14)10-17(20)21-18(5,6)7;1-14(2)15(3,4)19-16(18-14)13-6-5-12-10-17-8-7-11(12)9-13;10-9-2-1-7-3-4-11-6-8(7)5-9/h8-9,12-14,17-18H,10-11,15-16H2,1-7H3;2*5-6,9-11,14-15H,7-8,12-13H2,1-4H3,(H,24,25);8-9,11-12H,10H2,1-7H3;5-6,9H,7-8,10H2,1-4H3;1-2,5H,3-4,6H2.